The van der Waals surface area contributed by atoms with Gasteiger partial charge in [-0.1, -0.05) is 24.3 Å². The molecule has 160 valence electrons. The van der Waals surface area contributed by atoms with Gasteiger partial charge in [-0.15, -0.1) is 13.2 Å². The molecule has 4 rings (SSSR count). The molecule has 0 spiro atoms. The Balaban J connectivity index is 1.64. The summed E-state index contributed by atoms with van der Waals surface area (Å²) in [7, 11) is 0. The monoisotopic (exact) mass is 422 g/mol. The van der Waals surface area contributed by atoms with E-state index in [9.17, 15) is 17.6 Å². The number of fused-ring (bicyclic) bond motifs is 3. The Bertz CT molecular complexity index is 946. The number of allylic oxidation sites excluding steroid dienone is 2. The molecule has 0 radical (unpaired) electrons. The molecule has 3 unspecified atom stereocenters. The molecule has 0 amide bonds. The summed E-state index contributed by atoms with van der Waals surface area (Å²) in [6.45, 7) is 2.01. The molecule has 1 saturated carbocycles. The SMILES string of the molecule is C/C=C/C1CCC2c3cc(F)c(-c4ccc(OC(F)(F)F)cc4)c(F)c3CCC2C1. The highest BCUT2D eigenvalue weighted by atomic mass is 19.4. The molecule has 0 bridgehead atoms. The first-order valence-corrected chi connectivity index (χ1v) is 10.3. The maximum absolute atomic E-state index is 15.4. The smallest absolute Gasteiger partial charge is 0.406 e. The molecule has 30 heavy (non-hydrogen) atoms. The minimum absolute atomic E-state index is 0.163. The molecule has 3 atom stereocenters. The van der Waals surface area contributed by atoms with Crippen LogP contribution in [0.25, 0.3) is 11.1 Å². The van der Waals surface area contributed by atoms with Crippen molar-refractivity contribution >= 4 is 0 Å². The van der Waals surface area contributed by atoms with Gasteiger partial charge in [0.05, 0.1) is 5.56 Å². The molecule has 0 heterocycles. The molecule has 2 aliphatic rings. The van der Waals surface area contributed by atoms with Crippen molar-refractivity contribution in [2.24, 2.45) is 11.8 Å². The van der Waals surface area contributed by atoms with Gasteiger partial charge in [-0.3, -0.25) is 0 Å². The lowest BCUT2D eigenvalue weighted by Crippen LogP contribution is -2.28. The van der Waals surface area contributed by atoms with Gasteiger partial charge in [-0.25, -0.2) is 8.78 Å². The van der Waals surface area contributed by atoms with Gasteiger partial charge in [0, 0.05) is 0 Å². The van der Waals surface area contributed by atoms with Gasteiger partial charge in [0.25, 0.3) is 0 Å². The van der Waals surface area contributed by atoms with Crippen molar-refractivity contribution in [3.63, 3.8) is 0 Å². The number of alkyl halides is 3. The van der Waals surface area contributed by atoms with Gasteiger partial charge in [0.1, 0.15) is 17.4 Å². The van der Waals surface area contributed by atoms with E-state index in [0.29, 0.717) is 23.8 Å². The van der Waals surface area contributed by atoms with E-state index in [1.807, 2.05) is 6.92 Å². The van der Waals surface area contributed by atoms with Crippen molar-refractivity contribution in [3.05, 3.63) is 65.2 Å². The molecule has 0 aliphatic heterocycles. The zero-order valence-electron chi connectivity index (χ0n) is 16.6. The fourth-order valence-corrected chi connectivity index (χ4v) is 5.16. The lowest BCUT2D eigenvalue weighted by atomic mass is 9.65. The Morgan fingerprint density at radius 1 is 1.03 bits per heavy atom. The van der Waals surface area contributed by atoms with Gasteiger partial charge < -0.3 is 4.74 Å². The van der Waals surface area contributed by atoms with Crippen LogP contribution in [0.4, 0.5) is 22.0 Å². The first-order valence-electron chi connectivity index (χ1n) is 10.3. The minimum atomic E-state index is -4.81. The molecule has 6 heteroatoms. The largest absolute Gasteiger partial charge is 0.573 e. The van der Waals surface area contributed by atoms with Gasteiger partial charge in [-0.05, 0) is 91.7 Å². The highest BCUT2D eigenvalue weighted by Gasteiger charge is 2.37. The molecule has 0 saturated heterocycles. The van der Waals surface area contributed by atoms with Crippen molar-refractivity contribution in [3.8, 4) is 16.9 Å². The first-order chi connectivity index (χ1) is 14.3. The number of benzene rings is 2. The zero-order valence-corrected chi connectivity index (χ0v) is 16.6. The molecule has 2 aromatic rings. The van der Waals surface area contributed by atoms with E-state index in [4.69, 9.17) is 0 Å². The predicted molar refractivity (Wildman–Crippen MR) is 105 cm³/mol. The van der Waals surface area contributed by atoms with E-state index in [2.05, 4.69) is 16.9 Å². The predicted octanol–water partition coefficient (Wildman–Crippen LogP) is 7.55. The molecule has 2 aliphatic carbocycles. The Labute approximate surface area is 172 Å². The van der Waals surface area contributed by atoms with Crippen molar-refractivity contribution in [1.29, 1.82) is 0 Å². The molecule has 2 aromatic carbocycles. The molecule has 0 N–H and O–H groups in total. The highest BCUT2D eigenvalue weighted by molar-refractivity contribution is 5.68. The second-order valence-electron chi connectivity index (χ2n) is 8.19. The van der Waals surface area contributed by atoms with E-state index in [1.165, 1.54) is 18.2 Å². The van der Waals surface area contributed by atoms with Gasteiger partial charge >= 0.3 is 6.36 Å². The second-order valence-corrected chi connectivity index (χ2v) is 8.19. The molecular formula is C24H23F5O. The summed E-state index contributed by atoms with van der Waals surface area (Å²) >= 11 is 0. The molecule has 1 nitrogen and oxygen atoms in total. The average molecular weight is 422 g/mol. The van der Waals surface area contributed by atoms with Crippen LogP contribution in [0.5, 0.6) is 5.75 Å². The van der Waals surface area contributed by atoms with E-state index < -0.39 is 23.7 Å². The van der Waals surface area contributed by atoms with Crippen LogP contribution < -0.4 is 4.74 Å². The lowest BCUT2D eigenvalue weighted by molar-refractivity contribution is -0.274. The zero-order chi connectivity index (χ0) is 21.5. The third-order valence-corrected chi connectivity index (χ3v) is 6.38. The minimum Gasteiger partial charge on any atom is -0.406 e. The number of hydrogen-bond acceptors (Lipinski definition) is 1. The van der Waals surface area contributed by atoms with Crippen molar-refractivity contribution in [1.82, 2.24) is 0 Å². The van der Waals surface area contributed by atoms with Crippen LogP contribution in [0.1, 0.15) is 49.7 Å². The topological polar surface area (TPSA) is 9.23 Å². The average Bonchev–Trinajstić information content (AvgIpc) is 2.68. The van der Waals surface area contributed by atoms with Crippen LogP contribution in [-0.4, -0.2) is 6.36 Å². The maximum atomic E-state index is 15.4. The first kappa shape index (κ1) is 20.9. The fraction of sp³-hybridized carbons (Fsp3) is 0.417. The molecule has 1 fully saturated rings. The number of halogens is 5. The van der Waals surface area contributed by atoms with Crippen LogP contribution >= 0.6 is 0 Å². The summed E-state index contributed by atoms with van der Waals surface area (Å²) in [5, 5.41) is 0. The van der Waals surface area contributed by atoms with Crippen molar-refractivity contribution in [2.75, 3.05) is 0 Å². The third-order valence-electron chi connectivity index (χ3n) is 6.38. The number of hydrogen-bond donors (Lipinski definition) is 0. The van der Waals surface area contributed by atoms with Crippen molar-refractivity contribution < 1.29 is 26.7 Å². The normalized spacial score (nSPS) is 23.9. The summed E-state index contributed by atoms with van der Waals surface area (Å²) in [5.74, 6) is -0.572. The Hall–Kier alpha value is -2.37. The number of rotatable bonds is 3. The van der Waals surface area contributed by atoms with E-state index >= 15 is 4.39 Å². The highest BCUT2D eigenvalue weighted by Crippen LogP contribution is 2.49. The molecular weight excluding hydrogens is 399 g/mol. The lowest BCUT2D eigenvalue weighted by Gasteiger charge is -2.40. The number of ether oxygens (including phenoxy) is 1. The van der Waals surface area contributed by atoms with E-state index in [-0.39, 0.29) is 17.0 Å². The fourth-order valence-electron chi connectivity index (χ4n) is 5.16. The van der Waals surface area contributed by atoms with Crippen LogP contribution in [0.3, 0.4) is 0 Å². The summed E-state index contributed by atoms with van der Waals surface area (Å²) in [6.07, 6.45) is 3.86. The van der Waals surface area contributed by atoms with E-state index in [0.717, 1.165) is 43.4 Å². The van der Waals surface area contributed by atoms with Gasteiger partial charge in [0.15, 0.2) is 0 Å². The summed E-state index contributed by atoms with van der Waals surface area (Å²) in [4.78, 5) is 0. The van der Waals surface area contributed by atoms with Gasteiger partial charge in [-0.2, -0.15) is 0 Å². The third kappa shape index (κ3) is 4.09. The van der Waals surface area contributed by atoms with Crippen LogP contribution in [0.2, 0.25) is 0 Å². The van der Waals surface area contributed by atoms with E-state index in [1.54, 1.807) is 0 Å². The second kappa shape index (κ2) is 8.05. The van der Waals surface area contributed by atoms with Crippen molar-refractivity contribution in [2.45, 2.75) is 51.3 Å². The summed E-state index contributed by atoms with van der Waals surface area (Å²) < 4.78 is 71.2. The quantitative estimate of drug-likeness (QED) is 0.366. The van der Waals surface area contributed by atoms with Gasteiger partial charge in [0.2, 0.25) is 0 Å². The van der Waals surface area contributed by atoms with Crippen LogP contribution in [-0.2, 0) is 6.42 Å². The maximum Gasteiger partial charge on any atom is 0.573 e. The van der Waals surface area contributed by atoms with Crippen LogP contribution in [0.15, 0.2) is 42.5 Å². The standard InChI is InChI=1S/C24H23F5O/c1-2-3-14-4-10-18-16(12-14)7-11-19-20(18)13-21(25)22(23(19)26)15-5-8-17(9-6-15)30-24(27,28)29/h2-3,5-6,8-9,13-14,16,18H,4,7,10-12H2,1H3/b3-2+. The Kier molecular flexibility index (Phi) is 5.60. The Morgan fingerprint density at radius 2 is 1.77 bits per heavy atom. The summed E-state index contributed by atoms with van der Waals surface area (Å²) in [6, 6.07) is 6.09. The molecule has 0 aromatic heterocycles. The summed E-state index contributed by atoms with van der Waals surface area (Å²) in [5.41, 5.74) is 1.32. The Morgan fingerprint density at radius 3 is 2.43 bits per heavy atom. The van der Waals surface area contributed by atoms with Crippen LogP contribution in [0, 0.1) is 23.5 Å².